The van der Waals surface area contributed by atoms with E-state index in [1.54, 1.807) is 16.8 Å². The molecule has 5 heteroatoms. The number of rotatable bonds is 3. The summed E-state index contributed by atoms with van der Waals surface area (Å²) in [6.45, 7) is 0.364. The zero-order valence-corrected chi connectivity index (χ0v) is 9.50. The predicted octanol–water partition coefficient (Wildman–Crippen LogP) is 2.82. The Morgan fingerprint density at radius 1 is 1.44 bits per heavy atom. The van der Waals surface area contributed by atoms with Gasteiger partial charge in [0.15, 0.2) is 0 Å². The summed E-state index contributed by atoms with van der Waals surface area (Å²) in [5, 5.41) is 7.29. The standard InChI is InChI=1S/C11H11ClFN3/c1-16-6-5-10(15-16)14-7-8-3-2-4-9(12)11(8)13/h2-6H,7H2,1H3,(H,14,15). The Bertz CT molecular complexity index is 496. The minimum absolute atomic E-state index is 0.139. The third kappa shape index (κ3) is 2.33. The number of anilines is 1. The van der Waals surface area contributed by atoms with E-state index in [0.29, 0.717) is 17.9 Å². The molecule has 0 spiro atoms. The Morgan fingerprint density at radius 3 is 2.94 bits per heavy atom. The maximum Gasteiger partial charge on any atom is 0.148 e. The van der Waals surface area contributed by atoms with Crippen molar-refractivity contribution in [1.82, 2.24) is 9.78 Å². The lowest BCUT2D eigenvalue weighted by atomic mass is 10.2. The van der Waals surface area contributed by atoms with Crippen molar-refractivity contribution in [3.05, 3.63) is 46.9 Å². The molecule has 2 aromatic rings. The van der Waals surface area contributed by atoms with E-state index in [9.17, 15) is 4.39 Å². The number of benzene rings is 1. The molecule has 0 saturated heterocycles. The van der Waals surface area contributed by atoms with Crippen LogP contribution < -0.4 is 5.32 Å². The molecule has 0 aliphatic carbocycles. The van der Waals surface area contributed by atoms with Gasteiger partial charge in [0.1, 0.15) is 11.6 Å². The van der Waals surface area contributed by atoms with Gasteiger partial charge in [-0.25, -0.2) is 4.39 Å². The van der Waals surface area contributed by atoms with Gasteiger partial charge in [0, 0.05) is 31.4 Å². The van der Waals surface area contributed by atoms with Gasteiger partial charge in [-0.15, -0.1) is 0 Å². The lowest BCUT2D eigenvalue weighted by Crippen LogP contribution is -2.03. The molecule has 0 amide bonds. The van der Waals surface area contributed by atoms with Crippen molar-refractivity contribution in [3.8, 4) is 0 Å². The summed E-state index contributed by atoms with van der Waals surface area (Å²) in [6, 6.07) is 6.77. The van der Waals surface area contributed by atoms with Crippen LogP contribution in [0.3, 0.4) is 0 Å². The Kier molecular flexibility index (Phi) is 3.10. The molecule has 0 saturated carbocycles. The number of aryl methyl sites for hydroxylation is 1. The molecule has 1 aromatic heterocycles. The summed E-state index contributed by atoms with van der Waals surface area (Å²) >= 11 is 5.68. The molecule has 0 bridgehead atoms. The summed E-state index contributed by atoms with van der Waals surface area (Å²) < 4.78 is 15.2. The average Bonchev–Trinajstić information content (AvgIpc) is 2.67. The second-order valence-electron chi connectivity index (χ2n) is 3.44. The molecule has 0 radical (unpaired) electrons. The van der Waals surface area contributed by atoms with Gasteiger partial charge in [-0.05, 0) is 6.07 Å². The molecule has 16 heavy (non-hydrogen) atoms. The Balaban J connectivity index is 2.07. The molecule has 1 aromatic carbocycles. The summed E-state index contributed by atoms with van der Waals surface area (Å²) in [5.74, 6) is 0.328. The first kappa shape index (κ1) is 11.0. The molecule has 3 nitrogen and oxygen atoms in total. The summed E-state index contributed by atoms with van der Waals surface area (Å²) in [5.41, 5.74) is 0.526. The van der Waals surface area contributed by atoms with E-state index >= 15 is 0 Å². The minimum atomic E-state index is -0.382. The fraction of sp³-hybridized carbons (Fsp3) is 0.182. The van der Waals surface area contributed by atoms with E-state index in [2.05, 4.69) is 10.4 Å². The second kappa shape index (κ2) is 4.53. The van der Waals surface area contributed by atoms with Crippen LogP contribution in [0.5, 0.6) is 0 Å². The van der Waals surface area contributed by atoms with Gasteiger partial charge < -0.3 is 5.32 Å². The van der Waals surface area contributed by atoms with Crippen LogP contribution in [0.4, 0.5) is 10.2 Å². The van der Waals surface area contributed by atoms with Gasteiger partial charge >= 0.3 is 0 Å². The number of aromatic nitrogens is 2. The fourth-order valence-electron chi connectivity index (χ4n) is 1.38. The van der Waals surface area contributed by atoms with E-state index in [1.807, 2.05) is 19.3 Å². The number of nitrogens with one attached hydrogen (secondary N) is 1. The van der Waals surface area contributed by atoms with Crippen molar-refractivity contribution in [2.45, 2.75) is 6.54 Å². The smallest absolute Gasteiger partial charge is 0.148 e. The molecule has 0 aliphatic heterocycles. The zero-order chi connectivity index (χ0) is 11.5. The van der Waals surface area contributed by atoms with Crippen LogP contribution in [0.25, 0.3) is 0 Å². The second-order valence-corrected chi connectivity index (χ2v) is 3.85. The van der Waals surface area contributed by atoms with Crippen molar-refractivity contribution in [1.29, 1.82) is 0 Å². The first-order valence-corrected chi connectivity index (χ1v) is 5.21. The van der Waals surface area contributed by atoms with Crippen LogP contribution in [0.2, 0.25) is 5.02 Å². The van der Waals surface area contributed by atoms with Crippen molar-refractivity contribution in [2.75, 3.05) is 5.32 Å². The van der Waals surface area contributed by atoms with Gasteiger partial charge in [-0.3, -0.25) is 4.68 Å². The first-order chi connectivity index (χ1) is 7.66. The summed E-state index contributed by atoms with van der Waals surface area (Å²) in [6.07, 6.45) is 1.82. The fourth-order valence-corrected chi connectivity index (χ4v) is 1.57. The van der Waals surface area contributed by atoms with Gasteiger partial charge in [-0.2, -0.15) is 5.10 Å². The predicted molar refractivity (Wildman–Crippen MR) is 61.9 cm³/mol. The van der Waals surface area contributed by atoms with Gasteiger partial charge in [0.25, 0.3) is 0 Å². The monoisotopic (exact) mass is 239 g/mol. The molecule has 1 heterocycles. The molecular formula is C11H11ClFN3. The van der Waals surface area contributed by atoms with Crippen molar-refractivity contribution in [2.24, 2.45) is 7.05 Å². The summed E-state index contributed by atoms with van der Waals surface area (Å²) in [7, 11) is 1.82. The number of nitrogens with zero attached hydrogens (tertiary/aromatic N) is 2. The molecule has 2 rings (SSSR count). The van der Waals surface area contributed by atoms with Crippen LogP contribution in [0.15, 0.2) is 30.5 Å². The highest BCUT2D eigenvalue weighted by molar-refractivity contribution is 6.30. The molecule has 1 N–H and O–H groups in total. The van der Waals surface area contributed by atoms with Gasteiger partial charge in [-0.1, -0.05) is 23.7 Å². The molecular weight excluding hydrogens is 229 g/mol. The highest BCUT2D eigenvalue weighted by Crippen LogP contribution is 2.18. The topological polar surface area (TPSA) is 29.9 Å². The van der Waals surface area contributed by atoms with Gasteiger partial charge in [0.05, 0.1) is 5.02 Å². The Hall–Kier alpha value is -1.55. The number of hydrogen-bond acceptors (Lipinski definition) is 2. The highest BCUT2D eigenvalue weighted by Gasteiger charge is 2.06. The van der Waals surface area contributed by atoms with E-state index < -0.39 is 0 Å². The van der Waals surface area contributed by atoms with Crippen LogP contribution >= 0.6 is 11.6 Å². The van der Waals surface area contributed by atoms with E-state index in [-0.39, 0.29) is 10.8 Å². The molecule has 0 fully saturated rings. The molecule has 84 valence electrons. The quantitative estimate of drug-likeness (QED) is 0.893. The van der Waals surface area contributed by atoms with Crippen molar-refractivity contribution < 1.29 is 4.39 Å². The van der Waals surface area contributed by atoms with Crippen LogP contribution in [-0.2, 0) is 13.6 Å². The normalized spacial score (nSPS) is 10.4. The van der Waals surface area contributed by atoms with Crippen molar-refractivity contribution in [3.63, 3.8) is 0 Å². The first-order valence-electron chi connectivity index (χ1n) is 4.83. The molecule has 0 aliphatic rings. The van der Waals surface area contributed by atoms with E-state index in [4.69, 9.17) is 11.6 Å². The Labute approximate surface area is 97.8 Å². The molecule has 0 unspecified atom stereocenters. The minimum Gasteiger partial charge on any atom is -0.364 e. The van der Waals surface area contributed by atoms with E-state index in [0.717, 1.165) is 0 Å². The van der Waals surface area contributed by atoms with Gasteiger partial charge in [0.2, 0.25) is 0 Å². The van der Waals surface area contributed by atoms with Crippen molar-refractivity contribution >= 4 is 17.4 Å². The highest BCUT2D eigenvalue weighted by atomic mass is 35.5. The van der Waals surface area contributed by atoms with Crippen LogP contribution in [-0.4, -0.2) is 9.78 Å². The molecule has 0 atom stereocenters. The third-order valence-corrected chi connectivity index (χ3v) is 2.50. The SMILES string of the molecule is Cn1ccc(NCc2cccc(Cl)c2F)n1. The van der Waals surface area contributed by atoms with Crippen LogP contribution in [0, 0.1) is 5.82 Å². The average molecular weight is 240 g/mol. The maximum atomic E-state index is 13.5. The number of halogens is 2. The maximum absolute atomic E-state index is 13.5. The lowest BCUT2D eigenvalue weighted by molar-refractivity contribution is 0.613. The summed E-state index contributed by atoms with van der Waals surface area (Å²) in [4.78, 5) is 0. The zero-order valence-electron chi connectivity index (χ0n) is 8.74. The third-order valence-electron chi connectivity index (χ3n) is 2.21. The lowest BCUT2D eigenvalue weighted by Gasteiger charge is -2.05. The van der Waals surface area contributed by atoms with Crippen LogP contribution in [0.1, 0.15) is 5.56 Å². The largest absolute Gasteiger partial charge is 0.364 e. The number of hydrogen-bond donors (Lipinski definition) is 1. The Morgan fingerprint density at radius 2 is 2.25 bits per heavy atom. The van der Waals surface area contributed by atoms with E-state index in [1.165, 1.54) is 6.07 Å².